The number of nitrogens with zero attached hydrogens (tertiary/aromatic N) is 1. The molecule has 134 valence electrons. The summed E-state index contributed by atoms with van der Waals surface area (Å²) in [5, 5.41) is 2.16. The molecule has 0 spiro atoms. The van der Waals surface area contributed by atoms with Crippen LogP contribution in [-0.2, 0) is 9.53 Å². The number of halogens is 6. The lowest BCUT2D eigenvalue weighted by Gasteiger charge is -2.23. The van der Waals surface area contributed by atoms with Gasteiger partial charge in [-0.3, -0.25) is 9.69 Å². The molecule has 0 saturated heterocycles. The van der Waals surface area contributed by atoms with Crippen LogP contribution in [0.4, 0.5) is 38.1 Å². The van der Waals surface area contributed by atoms with Crippen molar-refractivity contribution in [1.82, 2.24) is 0 Å². The van der Waals surface area contributed by atoms with Gasteiger partial charge in [-0.15, -0.1) is 12.4 Å². The molecule has 1 aromatic rings. The first-order valence-electron chi connectivity index (χ1n) is 6.15. The predicted molar refractivity (Wildman–Crippen MR) is 75.0 cm³/mol. The van der Waals surface area contributed by atoms with Crippen LogP contribution in [0, 0.1) is 11.6 Å². The molecule has 12 heteroatoms. The van der Waals surface area contributed by atoms with Crippen LogP contribution in [0.1, 0.15) is 0 Å². The van der Waals surface area contributed by atoms with Crippen molar-refractivity contribution in [2.45, 2.75) is 12.2 Å². The third-order valence-electron chi connectivity index (χ3n) is 2.88. The summed E-state index contributed by atoms with van der Waals surface area (Å²) in [6.07, 6.45) is -6.27. The van der Waals surface area contributed by atoms with E-state index in [1.165, 1.54) is 0 Å². The minimum Gasteiger partial charge on any atom is -0.439 e. The molecule has 2 amide bonds. The van der Waals surface area contributed by atoms with Crippen LogP contribution in [0.5, 0.6) is 0 Å². The van der Waals surface area contributed by atoms with E-state index < -0.39 is 49.0 Å². The van der Waals surface area contributed by atoms with Crippen molar-refractivity contribution in [3.8, 4) is 0 Å². The first kappa shape index (κ1) is 19.9. The Bertz CT molecular complexity index is 656. The average molecular weight is 376 g/mol. The largest absolute Gasteiger partial charge is 0.439 e. The van der Waals surface area contributed by atoms with Gasteiger partial charge in [-0.05, 0) is 0 Å². The average Bonchev–Trinajstić information content (AvgIpc) is 2.55. The number of alkyl halides is 3. The SMILES string of the molecule is Cl.NC1CN(C(=O)OCC(F)(F)F)c2cc(F)c(F)cc2NC1=O. The summed E-state index contributed by atoms with van der Waals surface area (Å²) in [5.74, 6) is -3.49. The topological polar surface area (TPSA) is 84.7 Å². The number of rotatable bonds is 1. The van der Waals surface area contributed by atoms with E-state index in [9.17, 15) is 31.5 Å². The van der Waals surface area contributed by atoms with E-state index in [1.807, 2.05) is 0 Å². The van der Waals surface area contributed by atoms with Gasteiger partial charge in [0, 0.05) is 12.1 Å². The van der Waals surface area contributed by atoms with E-state index in [0.717, 1.165) is 0 Å². The van der Waals surface area contributed by atoms with E-state index in [0.29, 0.717) is 17.0 Å². The Kier molecular flexibility index (Phi) is 5.95. The molecule has 1 aromatic carbocycles. The van der Waals surface area contributed by atoms with E-state index in [4.69, 9.17) is 5.73 Å². The van der Waals surface area contributed by atoms with Crippen LogP contribution >= 0.6 is 12.4 Å². The van der Waals surface area contributed by atoms with Crippen molar-refractivity contribution in [2.24, 2.45) is 5.73 Å². The molecule has 0 saturated carbocycles. The fraction of sp³-hybridized carbons (Fsp3) is 0.333. The maximum absolute atomic E-state index is 13.4. The summed E-state index contributed by atoms with van der Waals surface area (Å²) in [7, 11) is 0. The van der Waals surface area contributed by atoms with Gasteiger partial charge in [-0.1, -0.05) is 0 Å². The second-order valence-electron chi connectivity index (χ2n) is 4.66. The van der Waals surface area contributed by atoms with Crippen molar-refractivity contribution in [3.05, 3.63) is 23.8 Å². The molecular formula is C12H11ClF5N3O3. The quantitative estimate of drug-likeness (QED) is 0.737. The van der Waals surface area contributed by atoms with Gasteiger partial charge >= 0.3 is 12.3 Å². The second kappa shape index (κ2) is 7.18. The normalized spacial score (nSPS) is 17.3. The fourth-order valence-corrected chi connectivity index (χ4v) is 1.86. The second-order valence-corrected chi connectivity index (χ2v) is 4.66. The Hall–Kier alpha value is -2.14. The summed E-state index contributed by atoms with van der Waals surface area (Å²) in [6, 6.07) is -0.186. The number of nitrogens with two attached hydrogens (primary N) is 1. The highest BCUT2D eigenvalue weighted by Crippen LogP contribution is 2.31. The van der Waals surface area contributed by atoms with Gasteiger partial charge < -0.3 is 15.8 Å². The summed E-state index contributed by atoms with van der Waals surface area (Å²) in [6.45, 7) is -2.45. The number of ether oxygens (including phenoxy) is 1. The molecule has 0 radical (unpaired) electrons. The Morgan fingerprint density at radius 3 is 2.50 bits per heavy atom. The maximum Gasteiger partial charge on any atom is 0.422 e. The lowest BCUT2D eigenvalue weighted by atomic mass is 10.2. The first-order valence-corrected chi connectivity index (χ1v) is 6.15. The van der Waals surface area contributed by atoms with Gasteiger partial charge in [0.05, 0.1) is 17.9 Å². The number of hydrogen-bond donors (Lipinski definition) is 2. The highest BCUT2D eigenvalue weighted by molar-refractivity contribution is 6.04. The zero-order valence-electron chi connectivity index (χ0n) is 11.7. The van der Waals surface area contributed by atoms with Gasteiger partial charge in [-0.25, -0.2) is 13.6 Å². The van der Waals surface area contributed by atoms with Crippen molar-refractivity contribution in [3.63, 3.8) is 0 Å². The number of nitrogens with one attached hydrogen (secondary N) is 1. The van der Waals surface area contributed by atoms with Gasteiger partial charge in [0.25, 0.3) is 0 Å². The fourth-order valence-electron chi connectivity index (χ4n) is 1.86. The Morgan fingerprint density at radius 1 is 1.33 bits per heavy atom. The molecule has 0 aromatic heterocycles. The molecule has 2 rings (SSSR count). The summed E-state index contributed by atoms with van der Waals surface area (Å²) < 4.78 is 67.0. The summed E-state index contributed by atoms with van der Waals surface area (Å²) in [5.41, 5.74) is 4.80. The van der Waals surface area contributed by atoms with E-state index in [-0.39, 0.29) is 23.8 Å². The molecule has 1 atom stereocenters. The molecular weight excluding hydrogens is 365 g/mol. The van der Waals surface area contributed by atoms with Crippen LogP contribution in [-0.4, -0.2) is 37.4 Å². The van der Waals surface area contributed by atoms with Crippen LogP contribution in [0.25, 0.3) is 0 Å². The predicted octanol–water partition coefficient (Wildman–Crippen LogP) is 2.17. The molecule has 1 heterocycles. The monoisotopic (exact) mass is 375 g/mol. The molecule has 0 fully saturated rings. The standard InChI is InChI=1S/C12H10F5N3O3.ClH/c13-5-1-8-9(2-6(5)14)20(3-7(18)10(21)19-8)11(22)23-4-12(15,16)17;/h1-2,7H,3-4,18H2,(H,19,21);1H. The number of hydrogen-bond acceptors (Lipinski definition) is 4. The molecule has 6 nitrogen and oxygen atoms in total. The van der Waals surface area contributed by atoms with Crippen LogP contribution in [0.15, 0.2) is 12.1 Å². The van der Waals surface area contributed by atoms with Gasteiger partial charge in [-0.2, -0.15) is 13.2 Å². The first-order chi connectivity index (χ1) is 10.6. The zero-order chi connectivity index (χ0) is 17.4. The maximum atomic E-state index is 13.4. The van der Waals surface area contributed by atoms with Gasteiger partial charge in [0.2, 0.25) is 5.91 Å². The van der Waals surface area contributed by atoms with Crippen LogP contribution in [0.3, 0.4) is 0 Å². The van der Waals surface area contributed by atoms with Gasteiger partial charge in [0.15, 0.2) is 18.2 Å². The number of anilines is 2. The van der Waals surface area contributed by atoms with Crippen molar-refractivity contribution >= 4 is 35.8 Å². The number of amides is 2. The number of carbonyl (C=O) groups excluding carboxylic acids is 2. The number of carbonyl (C=O) groups is 2. The third kappa shape index (κ3) is 4.45. The third-order valence-corrected chi connectivity index (χ3v) is 2.88. The van der Waals surface area contributed by atoms with Crippen molar-refractivity contribution in [2.75, 3.05) is 23.4 Å². The zero-order valence-corrected chi connectivity index (χ0v) is 12.5. The molecule has 0 aliphatic carbocycles. The van der Waals surface area contributed by atoms with Crippen LogP contribution in [0.2, 0.25) is 0 Å². The van der Waals surface area contributed by atoms with Crippen molar-refractivity contribution < 1.29 is 36.3 Å². The van der Waals surface area contributed by atoms with E-state index in [1.54, 1.807) is 0 Å². The highest BCUT2D eigenvalue weighted by atomic mass is 35.5. The molecule has 1 aliphatic rings. The molecule has 0 bridgehead atoms. The lowest BCUT2D eigenvalue weighted by Crippen LogP contribution is -2.45. The molecule has 1 unspecified atom stereocenters. The summed E-state index contributed by atoms with van der Waals surface area (Å²) in [4.78, 5) is 24.0. The number of benzene rings is 1. The van der Waals surface area contributed by atoms with E-state index in [2.05, 4.69) is 10.1 Å². The Morgan fingerprint density at radius 2 is 1.92 bits per heavy atom. The smallest absolute Gasteiger partial charge is 0.422 e. The van der Waals surface area contributed by atoms with E-state index >= 15 is 0 Å². The lowest BCUT2D eigenvalue weighted by molar-refractivity contribution is -0.159. The highest BCUT2D eigenvalue weighted by Gasteiger charge is 2.34. The minimum absolute atomic E-state index is 0. The molecule has 1 aliphatic heterocycles. The Labute approximate surface area is 138 Å². The Balaban J connectivity index is 0.00000288. The van der Waals surface area contributed by atoms with Crippen molar-refractivity contribution in [1.29, 1.82) is 0 Å². The number of fused-ring (bicyclic) bond motifs is 1. The molecule has 3 N–H and O–H groups in total. The summed E-state index contributed by atoms with van der Waals surface area (Å²) >= 11 is 0. The van der Waals surface area contributed by atoms with Gasteiger partial charge in [0.1, 0.15) is 6.04 Å². The van der Waals surface area contributed by atoms with Crippen LogP contribution < -0.4 is 16.0 Å². The minimum atomic E-state index is -4.77. The molecule has 24 heavy (non-hydrogen) atoms.